The Morgan fingerprint density at radius 2 is 1.65 bits per heavy atom. The van der Waals surface area contributed by atoms with Gasteiger partial charge >= 0.3 is 5.97 Å². The largest absolute Gasteiger partial charge is 0.481 e. The molecule has 0 aromatic carbocycles. The van der Waals surface area contributed by atoms with E-state index in [1.165, 1.54) is 0 Å². The monoisotopic (exact) mass is 325 g/mol. The van der Waals surface area contributed by atoms with Gasteiger partial charge in [-0.3, -0.25) is 9.59 Å². The van der Waals surface area contributed by atoms with Gasteiger partial charge in [-0.1, -0.05) is 20.8 Å². The molecule has 2 N–H and O–H groups in total. The topological polar surface area (TPSA) is 75.6 Å². The van der Waals surface area contributed by atoms with Gasteiger partial charge in [0.25, 0.3) is 0 Å². The maximum atomic E-state index is 12.6. The third-order valence-electron chi connectivity index (χ3n) is 6.50. The Morgan fingerprint density at radius 3 is 2.09 bits per heavy atom. The minimum absolute atomic E-state index is 0.0299. The first-order chi connectivity index (χ1) is 10.9. The highest BCUT2D eigenvalue weighted by atomic mass is 16.5. The fourth-order valence-corrected chi connectivity index (χ4v) is 4.97. The van der Waals surface area contributed by atoms with E-state index in [0.29, 0.717) is 31.6 Å². The van der Waals surface area contributed by atoms with Crippen molar-refractivity contribution in [3.05, 3.63) is 0 Å². The molecule has 0 aliphatic heterocycles. The lowest BCUT2D eigenvalue weighted by Crippen LogP contribution is -2.70. The number of methoxy groups -OCH3 is 1. The molecule has 0 spiro atoms. The zero-order valence-electron chi connectivity index (χ0n) is 14.8. The third-order valence-corrected chi connectivity index (χ3v) is 6.50. The molecule has 2 aliphatic rings. The van der Waals surface area contributed by atoms with Crippen LogP contribution in [0.15, 0.2) is 0 Å². The first-order valence-corrected chi connectivity index (χ1v) is 8.97. The summed E-state index contributed by atoms with van der Waals surface area (Å²) in [4.78, 5) is 23.7. The number of carbonyl (C=O) groups excluding carboxylic acids is 1. The van der Waals surface area contributed by atoms with Crippen LogP contribution in [0.5, 0.6) is 0 Å². The number of hydrogen-bond acceptors (Lipinski definition) is 3. The van der Waals surface area contributed by atoms with Crippen LogP contribution in [0.3, 0.4) is 0 Å². The number of carboxylic acid groups (broad SMARTS) is 1. The molecule has 23 heavy (non-hydrogen) atoms. The third kappa shape index (κ3) is 3.12. The van der Waals surface area contributed by atoms with Crippen molar-refractivity contribution < 1.29 is 19.4 Å². The van der Waals surface area contributed by atoms with Crippen LogP contribution in [0.25, 0.3) is 0 Å². The van der Waals surface area contributed by atoms with E-state index >= 15 is 0 Å². The van der Waals surface area contributed by atoms with E-state index in [1.54, 1.807) is 7.11 Å². The number of rotatable bonds is 6. The molecule has 0 radical (unpaired) electrons. The van der Waals surface area contributed by atoms with E-state index in [2.05, 4.69) is 26.1 Å². The van der Waals surface area contributed by atoms with Crippen molar-refractivity contribution in [2.45, 2.75) is 71.4 Å². The van der Waals surface area contributed by atoms with Gasteiger partial charge in [-0.05, 0) is 38.5 Å². The van der Waals surface area contributed by atoms with Gasteiger partial charge in [-0.15, -0.1) is 0 Å². The van der Waals surface area contributed by atoms with E-state index in [0.717, 1.165) is 12.8 Å². The van der Waals surface area contributed by atoms with E-state index < -0.39 is 5.97 Å². The van der Waals surface area contributed by atoms with Gasteiger partial charge in [-0.2, -0.15) is 0 Å². The molecule has 2 aliphatic carbocycles. The van der Waals surface area contributed by atoms with Crippen molar-refractivity contribution in [3.8, 4) is 0 Å². The average Bonchev–Trinajstić information content (AvgIpc) is 2.56. The summed E-state index contributed by atoms with van der Waals surface area (Å²) in [6.07, 6.45) is 4.77. The van der Waals surface area contributed by atoms with Gasteiger partial charge in [0.15, 0.2) is 0 Å². The number of nitrogens with one attached hydrogen (secondary N) is 1. The van der Waals surface area contributed by atoms with E-state index in [1.807, 2.05) is 0 Å². The van der Waals surface area contributed by atoms with Gasteiger partial charge in [0.1, 0.15) is 0 Å². The van der Waals surface area contributed by atoms with E-state index in [-0.39, 0.29) is 35.3 Å². The lowest BCUT2D eigenvalue weighted by Gasteiger charge is -2.60. The average molecular weight is 325 g/mol. The molecule has 5 nitrogen and oxygen atoms in total. The zero-order valence-corrected chi connectivity index (χ0v) is 14.8. The molecule has 0 unspecified atom stereocenters. The highest BCUT2D eigenvalue weighted by Crippen LogP contribution is 2.52. The second-order valence-corrected chi connectivity index (χ2v) is 7.33. The van der Waals surface area contributed by atoms with Crippen LogP contribution in [0.1, 0.15) is 59.3 Å². The van der Waals surface area contributed by atoms with Gasteiger partial charge in [-0.25, -0.2) is 0 Å². The highest BCUT2D eigenvalue weighted by Gasteiger charge is 2.59. The second kappa shape index (κ2) is 7.20. The number of carbonyl (C=O) groups is 2. The molecule has 0 saturated heterocycles. The van der Waals surface area contributed by atoms with Crippen LogP contribution in [0.2, 0.25) is 0 Å². The number of carboxylic acids is 1. The van der Waals surface area contributed by atoms with Crippen LogP contribution >= 0.6 is 0 Å². The molecule has 1 amide bonds. The molecule has 2 saturated carbocycles. The Morgan fingerprint density at radius 1 is 1.13 bits per heavy atom. The Hall–Kier alpha value is -1.10. The summed E-state index contributed by atoms with van der Waals surface area (Å²) in [6, 6.07) is 0.159. The van der Waals surface area contributed by atoms with Crippen molar-refractivity contribution in [2.24, 2.45) is 23.2 Å². The summed E-state index contributed by atoms with van der Waals surface area (Å²) < 4.78 is 5.68. The number of hydrogen-bond donors (Lipinski definition) is 2. The quantitative estimate of drug-likeness (QED) is 0.787. The summed E-state index contributed by atoms with van der Waals surface area (Å²) in [5.41, 5.74) is 0.0299. The first-order valence-electron chi connectivity index (χ1n) is 8.97. The number of amides is 1. The summed E-state index contributed by atoms with van der Waals surface area (Å²) in [5.74, 6) is -0.614. The second-order valence-electron chi connectivity index (χ2n) is 7.33. The Kier molecular flexibility index (Phi) is 5.71. The minimum Gasteiger partial charge on any atom is -0.481 e. The SMILES string of the molecule is CCC1(CC)[C@H](NC(=O)C2CCC(C(=O)O)CC2)[C@H](C)[C@@H]1OC. The zero-order chi connectivity index (χ0) is 17.2. The molecule has 3 atom stereocenters. The van der Waals surface area contributed by atoms with Gasteiger partial charge < -0.3 is 15.2 Å². The lowest BCUT2D eigenvalue weighted by molar-refractivity contribution is -0.174. The lowest BCUT2D eigenvalue weighted by atomic mass is 9.53. The fraction of sp³-hybridized carbons (Fsp3) is 0.889. The summed E-state index contributed by atoms with van der Waals surface area (Å²) >= 11 is 0. The Labute approximate surface area is 139 Å². The van der Waals surface area contributed by atoms with E-state index in [4.69, 9.17) is 9.84 Å². The smallest absolute Gasteiger partial charge is 0.306 e. The maximum Gasteiger partial charge on any atom is 0.306 e. The molecule has 2 rings (SSSR count). The van der Waals surface area contributed by atoms with Crippen molar-refractivity contribution in [3.63, 3.8) is 0 Å². The minimum atomic E-state index is -0.726. The predicted octanol–water partition coefficient (Wildman–Crippen LogP) is 2.83. The molecule has 132 valence electrons. The number of aliphatic carboxylic acids is 1. The van der Waals surface area contributed by atoms with Crippen molar-refractivity contribution in [1.82, 2.24) is 5.32 Å². The summed E-state index contributed by atoms with van der Waals surface area (Å²) in [6.45, 7) is 6.47. The highest BCUT2D eigenvalue weighted by molar-refractivity contribution is 5.80. The Bertz CT molecular complexity index is 438. The molecule has 5 heteroatoms. The van der Waals surface area contributed by atoms with Crippen LogP contribution in [-0.4, -0.2) is 36.2 Å². The first kappa shape index (κ1) is 18.2. The van der Waals surface area contributed by atoms with Crippen LogP contribution in [0.4, 0.5) is 0 Å². The molecule has 0 aromatic rings. The van der Waals surface area contributed by atoms with Crippen molar-refractivity contribution in [1.29, 1.82) is 0 Å². The molecular formula is C18H31NO4. The molecule has 2 fully saturated rings. The molecule has 0 heterocycles. The molecule has 0 aromatic heterocycles. The predicted molar refractivity (Wildman–Crippen MR) is 88.0 cm³/mol. The standard InChI is InChI=1S/C18H31NO4/c1-5-18(6-2)14(11(3)15(18)23-4)19-16(20)12-7-9-13(10-8-12)17(21)22/h11-15H,5-10H2,1-4H3,(H,19,20)(H,21,22)/t11-,12?,13?,14+,15-/m0/s1. The van der Waals surface area contributed by atoms with Crippen LogP contribution < -0.4 is 5.32 Å². The van der Waals surface area contributed by atoms with Gasteiger partial charge in [0.2, 0.25) is 5.91 Å². The maximum absolute atomic E-state index is 12.6. The number of ether oxygens (including phenoxy) is 1. The Balaban J connectivity index is 1.96. The van der Waals surface area contributed by atoms with Gasteiger partial charge in [0.05, 0.1) is 12.0 Å². The van der Waals surface area contributed by atoms with Crippen molar-refractivity contribution in [2.75, 3.05) is 7.11 Å². The van der Waals surface area contributed by atoms with E-state index in [9.17, 15) is 9.59 Å². The summed E-state index contributed by atoms with van der Waals surface area (Å²) in [5, 5.41) is 12.3. The van der Waals surface area contributed by atoms with Crippen molar-refractivity contribution >= 4 is 11.9 Å². The summed E-state index contributed by atoms with van der Waals surface area (Å²) in [7, 11) is 1.76. The van der Waals surface area contributed by atoms with Crippen LogP contribution in [0, 0.1) is 23.2 Å². The molecular weight excluding hydrogens is 294 g/mol. The normalized spacial score (nSPS) is 36.1. The van der Waals surface area contributed by atoms with Gasteiger partial charge in [0, 0.05) is 30.4 Å². The molecule has 0 bridgehead atoms. The fourth-order valence-electron chi connectivity index (χ4n) is 4.97. The van der Waals surface area contributed by atoms with Crippen LogP contribution in [-0.2, 0) is 14.3 Å².